The third kappa shape index (κ3) is 4.82. The van der Waals surface area contributed by atoms with Gasteiger partial charge in [0.05, 0.1) is 11.6 Å². The van der Waals surface area contributed by atoms with Gasteiger partial charge in [-0.3, -0.25) is 4.79 Å². The van der Waals surface area contributed by atoms with Crippen LogP contribution in [-0.2, 0) is 0 Å². The van der Waals surface area contributed by atoms with Gasteiger partial charge in [-0.05, 0) is 31.4 Å². The monoisotopic (exact) mass is 363 g/mol. The van der Waals surface area contributed by atoms with Gasteiger partial charge in [-0.1, -0.05) is 57.3 Å². The SMILES string of the molecule is CCCCC(CC)C(=O)n1nc(OCCC)nc1-c1ccccc1Cl. The van der Waals surface area contributed by atoms with Crippen LogP contribution in [0.5, 0.6) is 6.01 Å². The average molecular weight is 364 g/mol. The molecule has 0 aliphatic heterocycles. The van der Waals surface area contributed by atoms with Gasteiger partial charge in [-0.2, -0.15) is 9.67 Å². The zero-order chi connectivity index (χ0) is 18.2. The standard InChI is InChI=1S/C19H26ClN3O2/c1-4-7-10-14(6-3)18(24)23-17(15-11-8-9-12-16(15)20)21-19(22-23)25-13-5-2/h8-9,11-12,14H,4-7,10,13H2,1-3H3. The summed E-state index contributed by atoms with van der Waals surface area (Å²) in [5, 5.41) is 4.85. The van der Waals surface area contributed by atoms with E-state index in [-0.39, 0.29) is 17.8 Å². The molecule has 0 N–H and O–H groups in total. The van der Waals surface area contributed by atoms with Crippen LogP contribution in [0.4, 0.5) is 0 Å². The Bertz CT molecular complexity index is 700. The molecule has 5 nitrogen and oxygen atoms in total. The molecule has 0 aliphatic carbocycles. The summed E-state index contributed by atoms with van der Waals surface area (Å²) in [5.41, 5.74) is 0.682. The van der Waals surface area contributed by atoms with E-state index in [1.165, 1.54) is 4.68 Å². The zero-order valence-corrected chi connectivity index (χ0v) is 15.9. The lowest BCUT2D eigenvalue weighted by Crippen LogP contribution is -2.23. The second-order valence-electron chi connectivity index (χ2n) is 6.04. The molecule has 1 aromatic carbocycles. The quantitative estimate of drug-likeness (QED) is 0.611. The van der Waals surface area contributed by atoms with Crippen molar-refractivity contribution < 1.29 is 9.53 Å². The van der Waals surface area contributed by atoms with Crippen molar-refractivity contribution in [1.82, 2.24) is 14.8 Å². The predicted octanol–water partition coefficient (Wildman–Crippen LogP) is 5.24. The summed E-state index contributed by atoms with van der Waals surface area (Å²) >= 11 is 6.31. The zero-order valence-electron chi connectivity index (χ0n) is 15.2. The maximum atomic E-state index is 13.0. The van der Waals surface area contributed by atoms with Crippen molar-refractivity contribution in [2.45, 2.75) is 52.9 Å². The summed E-state index contributed by atoms with van der Waals surface area (Å²) in [4.78, 5) is 17.5. The van der Waals surface area contributed by atoms with Gasteiger partial charge in [0.15, 0.2) is 5.82 Å². The van der Waals surface area contributed by atoms with Gasteiger partial charge in [0.2, 0.25) is 0 Å². The Labute approximate surface area is 154 Å². The maximum Gasteiger partial charge on any atom is 0.336 e. The Morgan fingerprint density at radius 2 is 2.00 bits per heavy atom. The third-order valence-electron chi connectivity index (χ3n) is 4.09. The normalized spacial score (nSPS) is 12.2. The van der Waals surface area contributed by atoms with Crippen molar-refractivity contribution in [2.24, 2.45) is 5.92 Å². The Morgan fingerprint density at radius 3 is 2.64 bits per heavy atom. The molecule has 1 atom stereocenters. The third-order valence-corrected chi connectivity index (χ3v) is 4.42. The summed E-state index contributed by atoms with van der Waals surface area (Å²) in [6.45, 7) is 6.67. The number of aromatic nitrogens is 3. The number of hydrogen-bond acceptors (Lipinski definition) is 4. The van der Waals surface area contributed by atoms with Crippen LogP contribution >= 0.6 is 11.6 Å². The molecule has 0 radical (unpaired) electrons. The van der Waals surface area contributed by atoms with Gasteiger partial charge < -0.3 is 4.74 Å². The van der Waals surface area contributed by atoms with E-state index in [2.05, 4.69) is 17.0 Å². The molecular formula is C19H26ClN3O2. The highest BCUT2D eigenvalue weighted by molar-refractivity contribution is 6.33. The van der Waals surface area contributed by atoms with Gasteiger partial charge in [-0.15, -0.1) is 5.10 Å². The van der Waals surface area contributed by atoms with Crippen molar-refractivity contribution >= 4 is 17.5 Å². The van der Waals surface area contributed by atoms with E-state index in [1.54, 1.807) is 6.07 Å². The molecule has 136 valence electrons. The van der Waals surface area contributed by atoms with Crippen LogP contribution in [-0.4, -0.2) is 27.3 Å². The summed E-state index contributed by atoms with van der Waals surface area (Å²) in [7, 11) is 0. The molecule has 0 spiro atoms. The van der Waals surface area contributed by atoms with Crippen molar-refractivity contribution in [3.05, 3.63) is 29.3 Å². The topological polar surface area (TPSA) is 57.0 Å². The molecule has 25 heavy (non-hydrogen) atoms. The summed E-state index contributed by atoms with van der Waals surface area (Å²) in [5.74, 6) is 0.309. The molecule has 2 rings (SSSR count). The first-order chi connectivity index (χ1) is 12.1. The summed E-state index contributed by atoms with van der Waals surface area (Å²) in [6, 6.07) is 7.55. The molecule has 1 aromatic heterocycles. The summed E-state index contributed by atoms with van der Waals surface area (Å²) in [6.07, 6.45) is 4.53. The van der Waals surface area contributed by atoms with Crippen LogP contribution in [0.25, 0.3) is 11.4 Å². The minimum Gasteiger partial charge on any atom is -0.462 e. The number of benzene rings is 1. The smallest absolute Gasteiger partial charge is 0.336 e. The first-order valence-electron chi connectivity index (χ1n) is 9.01. The van der Waals surface area contributed by atoms with Gasteiger partial charge in [0.1, 0.15) is 0 Å². The van der Waals surface area contributed by atoms with Crippen LogP contribution in [0.1, 0.15) is 57.7 Å². The minimum absolute atomic E-state index is 0.0512. The highest BCUT2D eigenvalue weighted by atomic mass is 35.5. The Balaban J connectivity index is 2.42. The molecule has 0 fully saturated rings. The first kappa shape index (κ1) is 19.4. The minimum atomic E-state index is -0.0816. The van der Waals surface area contributed by atoms with Crippen LogP contribution in [0.15, 0.2) is 24.3 Å². The highest BCUT2D eigenvalue weighted by Gasteiger charge is 2.25. The van der Waals surface area contributed by atoms with E-state index in [0.29, 0.717) is 23.0 Å². The van der Waals surface area contributed by atoms with Gasteiger partial charge >= 0.3 is 6.01 Å². The lowest BCUT2D eigenvalue weighted by molar-refractivity contribution is 0.0804. The summed E-state index contributed by atoms with van der Waals surface area (Å²) < 4.78 is 6.92. The van der Waals surface area contributed by atoms with E-state index in [1.807, 2.05) is 32.0 Å². The van der Waals surface area contributed by atoms with Crippen LogP contribution in [0.2, 0.25) is 5.02 Å². The fourth-order valence-corrected chi connectivity index (χ4v) is 2.86. The number of unbranched alkanes of at least 4 members (excludes halogenated alkanes) is 1. The molecule has 2 aromatic rings. The van der Waals surface area contributed by atoms with Crippen molar-refractivity contribution in [1.29, 1.82) is 0 Å². The van der Waals surface area contributed by atoms with E-state index < -0.39 is 0 Å². The van der Waals surface area contributed by atoms with E-state index >= 15 is 0 Å². The Hall–Kier alpha value is -1.88. The molecule has 6 heteroatoms. The Kier molecular flexibility index (Phi) is 7.44. The first-order valence-corrected chi connectivity index (χ1v) is 9.39. The molecule has 0 saturated heterocycles. The van der Waals surface area contributed by atoms with E-state index in [4.69, 9.17) is 16.3 Å². The molecular weight excluding hydrogens is 338 g/mol. The number of nitrogens with zero attached hydrogens (tertiary/aromatic N) is 3. The second-order valence-corrected chi connectivity index (χ2v) is 6.45. The van der Waals surface area contributed by atoms with Crippen molar-refractivity contribution in [3.8, 4) is 17.4 Å². The van der Waals surface area contributed by atoms with Crippen LogP contribution in [0, 0.1) is 5.92 Å². The van der Waals surface area contributed by atoms with Gasteiger partial charge in [0, 0.05) is 11.5 Å². The molecule has 0 saturated carbocycles. The lowest BCUT2D eigenvalue weighted by atomic mass is 9.98. The largest absolute Gasteiger partial charge is 0.462 e. The number of carbonyl (C=O) groups is 1. The molecule has 0 aliphatic rings. The molecule has 1 unspecified atom stereocenters. The lowest BCUT2D eigenvalue weighted by Gasteiger charge is -2.14. The number of hydrogen-bond donors (Lipinski definition) is 0. The Morgan fingerprint density at radius 1 is 1.24 bits per heavy atom. The van der Waals surface area contributed by atoms with Crippen molar-refractivity contribution in [2.75, 3.05) is 6.61 Å². The number of ether oxygens (including phenoxy) is 1. The fraction of sp³-hybridized carbons (Fsp3) is 0.526. The second kappa shape index (κ2) is 9.56. The van der Waals surface area contributed by atoms with Gasteiger partial charge in [-0.25, -0.2) is 0 Å². The molecule has 0 bridgehead atoms. The molecule has 1 heterocycles. The van der Waals surface area contributed by atoms with Gasteiger partial charge in [0.25, 0.3) is 5.91 Å². The predicted molar refractivity (Wildman–Crippen MR) is 100 cm³/mol. The highest BCUT2D eigenvalue weighted by Crippen LogP contribution is 2.29. The van der Waals surface area contributed by atoms with E-state index in [9.17, 15) is 4.79 Å². The number of carbonyl (C=O) groups excluding carboxylic acids is 1. The number of halogens is 1. The average Bonchev–Trinajstić information content (AvgIpc) is 3.04. The van der Waals surface area contributed by atoms with Crippen LogP contribution < -0.4 is 4.74 Å². The van der Waals surface area contributed by atoms with E-state index in [0.717, 1.165) is 32.1 Å². The van der Waals surface area contributed by atoms with Crippen LogP contribution in [0.3, 0.4) is 0 Å². The fourth-order valence-electron chi connectivity index (χ4n) is 2.64. The van der Waals surface area contributed by atoms with Crippen molar-refractivity contribution in [3.63, 3.8) is 0 Å². The maximum absolute atomic E-state index is 13.0. The molecule has 0 amide bonds. The number of rotatable bonds is 9.